The molecule has 0 spiro atoms. The molecule has 0 bridgehead atoms. The Morgan fingerprint density at radius 1 is 1.14 bits per heavy atom. The van der Waals surface area contributed by atoms with Crippen LogP contribution >= 0.6 is 0 Å². The minimum absolute atomic E-state index is 0.251. The predicted molar refractivity (Wildman–Crippen MR) is 54.4 cm³/mol. The van der Waals surface area contributed by atoms with Gasteiger partial charge < -0.3 is 5.11 Å². The van der Waals surface area contributed by atoms with Crippen LogP contribution in [0.3, 0.4) is 0 Å². The van der Waals surface area contributed by atoms with Gasteiger partial charge in [0.15, 0.2) is 0 Å². The zero-order valence-corrected chi connectivity index (χ0v) is 7.38. The third-order valence-electron chi connectivity index (χ3n) is 2.29. The SMILES string of the molecule is Oc1ccc2c(c1)nc1ccccn12. The minimum atomic E-state index is 0.251. The normalized spacial score (nSPS) is 11.1. The maximum absolute atomic E-state index is 9.31. The lowest BCUT2D eigenvalue weighted by molar-refractivity contribution is 0.476. The van der Waals surface area contributed by atoms with Crippen LogP contribution in [0.4, 0.5) is 0 Å². The zero-order valence-electron chi connectivity index (χ0n) is 7.38. The van der Waals surface area contributed by atoms with E-state index in [2.05, 4.69) is 4.98 Å². The van der Waals surface area contributed by atoms with Gasteiger partial charge in [0.25, 0.3) is 0 Å². The Hall–Kier alpha value is -2.03. The summed E-state index contributed by atoms with van der Waals surface area (Å²) < 4.78 is 1.99. The lowest BCUT2D eigenvalue weighted by Crippen LogP contribution is -1.80. The van der Waals surface area contributed by atoms with E-state index in [0.29, 0.717) is 0 Å². The highest BCUT2D eigenvalue weighted by atomic mass is 16.3. The molecule has 0 radical (unpaired) electrons. The van der Waals surface area contributed by atoms with Crippen molar-refractivity contribution in [2.75, 3.05) is 0 Å². The summed E-state index contributed by atoms with van der Waals surface area (Å²) in [4.78, 5) is 4.38. The largest absolute Gasteiger partial charge is 0.508 e. The first-order valence-electron chi connectivity index (χ1n) is 4.40. The Bertz CT molecular complexity index is 613. The van der Waals surface area contributed by atoms with Gasteiger partial charge in [-0.05, 0) is 24.3 Å². The first kappa shape index (κ1) is 7.38. The van der Waals surface area contributed by atoms with Gasteiger partial charge in [0.1, 0.15) is 11.4 Å². The Kier molecular flexibility index (Phi) is 1.31. The van der Waals surface area contributed by atoms with Crippen LogP contribution in [0.1, 0.15) is 0 Å². The summed E-state index contributed by atoms with van der Waals surface area (Å²) in [5.74, 6) is 0.251. The zero-order chi connectivity index (χ0) is 9.54. The van der Waals surface area contributed by atoms with Crippen molar-refractivity contribution >= 4 is 16.7 Å². The molecule has 0 aliphatic heterocycles. The molecule has 0 aliphatic rings. The molecule has 1 N–H and O–H groups in total. The van der Waals surface area contributed by atoms with Crippen LogP contribution < -0.4 is 0 Å². The highest BCUT2D eigenvalue weighted by Crippen LogP contribution is 2.20. The van der Waals surface area contributed by atoms with E-state index < -0.39 is 0 Å². The van der Waals surface area contributed by atoms with Crippen LogP contribution in [0, 0.1) is 0 Å². The van der Waals surface area contributed by atoms with E-state index >= 15 is 0 Å². The molecule has 0 aliphatic carbocycles. The van der Waals surface area contributed by atoms with E-state index in [4.69, 9.17) is 0 Å². The first-order chi connectivity index (χ1) is 6.84. The summed E-state index contributed by atoms with van der Waals surface area (Å²) in [6.45, 7) is 0. The van der Waals surface area contributed by atoms with Crippen LogP contribution in [0.5, 0.6) is 5.75 Å². The Morgan fingerprint density at radius 2 is 2.07 bits per heavy atom. The predicted octanol–water partition coefficient (Wildman–Crippen LogP) is 2.19. The van der Waals surface area contributed by atoms with Gasteiger partial charge in [-0.1, -0.05) is 6.07 Å². The van der Waals surface area contributed by atoms with Gasteiger partial charge in [0, 0.05) is 12.3 Å². The van der Waals surface area contributed by atoms with Gasteiger partial charge in [0.2, 0.25) is 0 Å². The first-order valence-corrected chi connectivity index (χ1v) is 4.40. The number of aromatic nitrogens is 2. The van der Waals surface area contributed by atoms with E-state index in [0.717, 1.165) is 16.7 Å². The number of fused-ring (bicyclic) bond motifs is 3. The molecule has 0 amide bonds. The molecule has 2 aromatic heterocycles. The van der Waals surface area contributed by atoms with Crippen molar-refractivity contribution in [3.63, 3.8) is 0 Å². The van der Waals surface area contributed by atoms with Gasteiger partial charge in [-0.2, -0.15) is 0 Å². The monoisotopic (exact) mass is 184 g/mol. The van der Waals surface area contributed by atoms with Crippen LogP contribution in [0.25, 0.3) is 16.7 Å². The van der Waals surface area contributed by atoms with Gasteiger partial charge in [0.05, 0.1) is 11.0 Å². The number of hydrogen-bond acceptors (Lipinski definition) is 2. The van der Waals surface area contributed by atoms with Gasteiger partial charge in [-0.15, -0.1) is 0 Å². The number of phenols is 1. The molecule has 3 aromatic rings. The second kappa shape index (κ2) is 2.48. The number of imidazole rings is 1. The fraction of sp³-hybridized carbons (Fsp3) is 0. The molecule has 3 nitrogen and oxygen atoms in total. The maximum Gasteiger partial charge on any atom is 0.137 e. The average Bonchev–Trinajstić information content (AvgIpc) is 2.54. The van der Waals surface area contributed by atoms with Crippen molar-refractivity contribution < 1.29 is 5.11 Å². The molecular weight excluding hydrogens is 176 g/mol. The van der Waals surface area contributed by atoms with E-state index in [1.54, 1.807) is 12.1 Å². The standard InChI is InChI=1S/C11H8N2O/c14-8-4-5-10-9(7-8)12-11-3-1-2-6-13(10)11/h1-7,14H. The molecule has 0 atom stereocenters. The summed E-state index contributed by atoms with van der Waals surface area (Å²) in [6.07, 6.45) is 1.96. The lowest BCUT2D eigenvalue weighted by Gasteiger charge is -1.93. The van der Waals surface area contributed by atoms with E-state index in [9.17, 15) is 5.11 Å². The summed E-state index contributed by atoms with van der Waals surface area (Å²) >= 11 is 0. The molecule has 3 rings (SSSR count). The number of nitrogens with zero attached hydrogens (tertiary/aromatic N) is 2. The smallest absolute Gasteiger partial charge is 0.137 e. The molecular formula is C11H8N2O. The van der Waals surface area contributed by atoms with E-state index in [1.165, 1.54) is 0 Å². The van der Waals surface area contributed by atoms with Gasteiger partial charge in [-0.25, -0.2) is 4.98 Å². The molecule has 1 aromatic carbocycles. The Morgan fingerprint density at radius 3 is 3.00 bits per heavy atom. The molecule has 14 heavy (non-hydrogen) atoms. The summed E-state index contributed by atoms with van der Waals surface area (Å²) in [6, 6.07) is 11.1. The van der Waals surface area contributed by atoms with Crippen LogP contribution in [0.15, 0.2) is 42.6 Å². The number of phenolic OH excluding ortho intramolecular Hbond substituents is 1. The fourth-order valence-corrected chi connectivity index (χ4v) is 1.66. The molecule has 0 unspecified atom stereocenters. The van der Waals surface area contributed by atoms with E-state index in [-0.39, 0.29) is 5.75 Å². The van der Waals surface area contributed by atoms with Crippen molar-refractivity contribution in [3.05, 3.63) is 42.6 Å². The minimum Gasteiger partial charge on any atom is -0.508 e. The number of rotatable bonds is 0. The van der Waals surface area contributed by atoms with E-state index in [1.807, 2.05) is 34.9 Å². The van der Waals surface area contributed by atoms with Crippen LogP contribution in [-0.4, -0.2) is 14.5 Å². The third kappa shape index (κ3) is 0.893. The lowest BCUT2D eigenvalue weighted by atomic mass is 10.3. The van der Waals surface area contributed by atoms with Crippen LogP contribution in [-0.2, 0) is 0 Å². The molecule has 2 heterocycles. The van der Waals surface area contributed by atoms with Crippen molar-refractivity contribution in [1.82, 2.24) is 9.38 Å². The highest BCUT2D eigenvalue weighted by Gasteiger charge is 2.02. The number of benzene rings is 1. The second-order valence-corrected chi connectivity index (χ2v) is 3.21. The second-order valence-electron chi connectivity index (χ2n) is 3.21. The molecule has 0 saturated carbocycles. The molecule has 0 fully saturated rings. The summed E-state index contributed by atoms with van der Waals surface area (Å²) in [5, 5.41) is 9.31. The quantitative estimate of drug-likeness (QED) is 0.581. The Balaban J connectivity index is 2.57. The summed E-state index contributed by atoms with van der Waals surface area (Å²) in [7, 11) is 0. The van der Waals surface area contributed by atoms with Crippen molar-refractivity contribution in [2.45, 2.75) is 0 Å². The maximum atomic E-state index is 9.31. The molecule has 68 valence electrons. The number of hydrogen-bond donors (Lipinski definition) is 1. The molecule has 3 heteroatoms. The number of aromatic hydroxyl groups is 1. The van der Waals surface area contributed by atoms with Gasteiger partial charge >= 0.3 is 0 Å². The van der Waals surface area contributed by atoms with Crippen molar-refractivity contribution in [3.8, 4) is 5.75 Å². The van der Waals surface area contributed by atoms with Gasteiger partial charge in [-0.3, -0.25) is 4.40 Å². The highest BCUT2D eigenvalue weighted by molar-refractivity contribution is 5.81. The van der Waals surface area contributed by atoms with Crippen molar-refractivity contribution in [1.29, 1.82) is 0 Å². The van der Waals surface area contributed by atoms with Crippen LogP contribution in [0.2, 0.25) is 0 Å². The third-order valence-corrected chi connectivity index (χ3v) is 2.29. The Labute approximate surface area is 80.2 Å². The van der Waals surface area contributed by atoms with Crippen molar-refractivity contribution in [2.24, 2.45) is 0 Å². The number of pyridine rings is 1. The fourth-order valence-electron chi connectivity index (χ4n) is 1.66. The average molecular weight is 184 g/mol. The topological polar surface area (TPSA) is 37.5 Å². The summed E-state index contributed by atoms with van der Waals surface area (Å²) in [5.41, 5.74) is 2.72. The molecule has 0 saturated heterocycles.